The third kappa shape index (κ3) is 2.58. The van der Waals surface area contributed by atoms with Crippen LogP contribution >= 0.6 is 0 Å². The van der Waals surface area contributed by atoms with Gasteiger partial charge in [-0.2, -0.15) is 0 Å². The lowest BCUT2D eigenvalue weighted by Gasteiger charge is -2.24. The third-order valence-electron chi connectivity index (χ3n) is 4.12. The van der Waals surface area contributed by atoms with Crippen molar-refractivity contribution in [1.29, 1.82) is 0 Å². The Morgan fingerprint density at radius 1 is 1.29 bits per heavy atom. The summed E-state index contributed by atoms with van der Waals surface area (Å²) in [4.78, 5) is 14.8. The minimum Gasteiger partial charge on any atom is -0.361 e. The topological polar surface area (TPSA) is 46.3 Å². The van der Waals surface area contributed by atoms with Crippen molar-refractivity contribution < 1.29 is 9.32 Å². The second-order valence-electron chi connectivity index (χ2n) is 5.84. The van der Waals surface area contributed by atoms with Gasteiger partial charge in [-0.1, -0.05) is 22.9 Å². The summed E-state index contributed by atoms with van der Waals surface area (Å²) in [5.41, 5.74) is 3.79. The third-order valence-corrected chi connectivity index (χ3v) is 4.12. The van der Waals surface area contributed by atoms with Crippen molar-refractivity contribution in [3.8, 4) is 0 Å². The van der Waals surface area contributed by atoms with Gasteiger partial charge in [0.05, 0.1) is 6.04 Å². The highest BCUT2D eigenvalue weighted by molar-refractivity contribution is 5.96. The van der Waals surface area contributed by atoms with Crippen molar-refractivity contribution in [2.75, 3.05) is 6.54 Å². The quantitative estimate of drug-likeness (QED) is 0.846. The molecule has 21 heavy (non-hydrogen) atoms. The lowest BCUT2D eigenvalue weighted by Crippen LogP contribution is -2.31. The van der Waals surface area contributed by atoms with Gasteiger partial charge in [-0.15, -0.1) is 0 Å². The first-order chi connectivity index (χ1) is 10.1. The van der Waals surface area contributed by atoms with Gasteiger partial charge in [0, 0.05) is 18.2 Å². The first-order valence-corrected chi connectivity index (χ1v) is 7.37. The zero-order chi connectivity index (χ0) is 15.0. The van der Waals surface area contributed by atoms with Crippen LogP contribution in [0.5, 0.6) is 0 Å². The fraction of sp³-hybridized carbons (Fsp3) is 0.412. The Labute approximate surface area is 124 Å². The molecule has 0 spiro atoms. The van der Waals surface area contributed by atoms with E-state index in [9.17, 15) is 4.79 Å². The number of nitrogens with zero attached hydrogens (tertiary/aromatic N) is 2. The fourth-order valence-corrected chi connectivity index (χ4v) is 2.98. The molecule has 110 valence electrons. The van der Waals surface area contributed by atoms with Gasteiger partial charge in [-0.05, 0) is 45.2 Å². The Balaban J connectivity index is 1.91. The lowest BCUT2D eigenvalue weighted by atomic mass is 10.0. The highest BCUT2D eigenvalue weighted by atomic mass is 16.5. The van der Waals surface area contributed by atoms with E-state index in [0.717, 1.165) is 47.5 Å². The van der Waals surface area contributed by atoms with E-state index in [0.29, 0.717) is 0 Å². The van der Waals surface area contributed by atoms with Crippen molar-refractivity contribution in [3.05, 3.63) is 52.4 Å². The van der Waals surface area contributed by atoms with Crippen LogP contribution in [0.1, 0.15) is 51.8 Å². The van der Waals surface area contributed by atoms with Crippen molar-refractivity contribution in [2.24, 2.45) is 0 Å². The number of hydrogen-bond acceptors (Lipinski definition) is 3. The summed E-state index contributed by atoms with van der Waals surface area (Å²) < 4.78 is 5.17. The summed E-state index contributed by atoms with van der Waals surface area (Å²) >= 11 is 0. The maximum Gasteiger partial charge on any atom is 0.254 e. The molecule has 1 amide bonds. The van der Waals surface area contributed by atoms with E-state index in [1.807, 2.05) is 49.9 Å². The number of benzene rings is 1. The number of likely N-dealkylation sites (tertiary alicyclic amines) is 1. The number of carbonyl (C=O) groups excluding carboxylic acids is 1. The minimum absolute atomic E-state index is 0.0369. The molecule has 1 aromatic heterocycles. The summed E-state index contributed by atoms with van der Waals surface area (Å²) in [6, 6.07) is 7.98. The van der Waals surface area contributed by atoms with Crippen LogP contribution in [-0.4, -0.2) is 22.5 Å². The van der Waals surface area contributed by atoms with Crippen molar-refractivity contribution >= 4 is 5.91 Å². The summed E-state index contributed by atoms with van der Waals surface area (Å²) in [6.07, 6.45) is 1.95. The second-order valence-corrected chi connectivity index (χ2v) is 5.84. The first kappa shape index (κ1) is 13.9. The highest BCUT2D eigenvalue weighted by Gasteiger charge is 2.33. The van der Waals surface area contributed by atoms with Gasteiger partial charge in [0.25, 0.3) is 5.91 Å². The number of hydrogen-bond donors (Lipinski definition) is 0. The van der Waals surface area contributed by atoms with Crippen LogP contribution in [-0.2, 0) is 0 Å². The number of amides is 1. The monoisotopic (exact) mass is 284 g/mol. The number of aromatic nitrogens is 1. The van der Waals surface area contributed by atoms with Crippen molar-refractivity contribution in [1.82, 2.24) is 10.1 Å². The van der Waals surface area contributed by atoms with E-state index >= 15 is 0 Å². The fourth-order valence-electron chi connectivity index (χ4n) is 2.98. The summed E-state index contributed by atoms with van der Waals surface area (Å²) in [5, 5.41) is 4.10. The molecule has 0 saturated carbocycles. The lowest BCUT2D eigenvalue weighted by molar-refractivity contribution is 0.0730. The Hall–Kier alpha value is -2.10. The molecular formula is C17H20N2O2. The summed E-state index contributed by atoms with van der Waals surface area (Å²) in [6.45, 7) is 6.65. The molecule has 0 bridgehead atoms. The molecule has 1 aliphatic rings. The van der Waals surface area contributed by atoms with Crippen LogP contribution in [0.3, 0.4) is 0 Å². The standard InChI is InChI=1S/C17H20N2O2/c1-11-6-7-12(2)14(9-11)17(20)19-8-4-5-16(19)15-10-13(3)21-18-15/h6-7,9-10,16H,4-5,8H2,1-3H3/t16-/m0/s1. The van der Waals surface area contributed by atoms with Crippen LogP contribution < -0.4 is 0 Å². The van der Waals surface area contributed by atoms with Crippen LogP contribution in [0.4, 0.5) is 0 Å². The van der Waals surface area contributed by atoms with Gasteiger partial charge in [0.2, 0.25) is 0 Å². The molecule has 1 saturated heterocycles. The first-order valence-electron chi connectivity index (χ1n) is 7.37. The van der Waals surface area contributed by atoms with Gasteiger partial charge in [-0.25, -0.2) is 0 Å². The molecule has 1 aromatic carbocycles. The molecule has 2 aromatic rings. The second kappa shape index (κ2) is 5.35. The number of aryl methyl sites for hydroxylation is 3. The SMILES string of the molecule is Cc1ccc(C)c(C(=O)N2CCC[C@H]2c2cc(C)on2)c1. The molecule has 2 heterocycles. The minimum atomic E-state index is 0.0369. The molecule has 0 radical (unpaired) electrons. The van der Waals surface area contributed by atoms with Crippen LogP contribution in [0.15, 0.2) is 28.8 Å². The molecule has 0 unspecified atom stereocenters. The van der Waals surface area contributed by atoms with Crippen molar-refractivity contribution in [2.45, 2.75) is 39.7 Å². The van der Waals surface area contributed by atoms with Crippen LogP contribution in [0.25, 0.3) is 0 Å². The molecule has 0 aliphatic carbocycles. The maximum absolute atomic E-state index is 12.9. The predicted molar refractivity (Wildman–Crippen MR) is 80.2 cm³/mol. The number of rotatable bonds is 2. The zero-order valence-corrected chi connectivity index (χ0v) is 12.7. The van der Waals surface area contributed by atoms with E-state index in [4.69, 9.17) is 4.52 Å². The average Bonchev–Trinajstić information content (AvgIpc) is 3.09. The Kier molecular flexibility index (Phi) is 3.53. The van der Waals surface area contributed by atoms with Crippen molar-refractivity contribution in [3.63, 3.8) is 0 Å². The highest BCUT2D eigenvalue weighted by Crippen LogP contribution is 2.33. The molecule has 1 fully saturated rings. The van der Waals surface area contributed by atoms with Gasteiger partial charge in [-0.3, -0.25) is 4.79 Å². The molecule has 4 heteroatoms. The van der Waals surface area contributed by atoms with E-state index in [-0.39, 0.29) is 11.9 Å². The molecule has 1 aliphatic heterocycles. The van der Waals surface area contributed by atoms with Gasteiger partial charge >= 0.3 is 0 Å². The molecular weight excluding hydrogens is 264 g/mol. The molecule has 4 nitrogen and oxygen atoms in total. The number of carbonyl (C=O) groups is 1. The van der Waals surface area contributed by atoms with Gasteiger partial charge in [0.15, 0.2) is 0 Å². The Morgan fingerprint density at radius 3 is 2.81 bits per heavy atom. The van der Waals surface area contributed by atoms with E-state index in [1.54, 1.807) is 0 Å². The maximum atomic E-state index is 12.9. The predicted octanol–water partition coefficient (Wildman–Crippen LogP) is 3.58. The molecule has 3 rings (SSSR count). The summed E-state index contributed by atoms with van der Waals surface area (Å²) in [7, 11) is 0. The van der Waals surface area contributed by atoms with Crippen LogP contribution in [0, 0.1) is 20.8 Å². The smallest absolute Gasteiger partial charge is 0.254 e. The average molecular weight is 284 g/mol. The Morgan fingerprint density at radius 2 is 2.10 bits per heavy atom. The largest absolute Gasteiger partial charge is 0.361 e. The zero-order valence-electron chi connectivity index (χ0n) is 12.7. The van der Waals surface area contributed by atoms with Gasteiger partial charge in [0.1, 0.15) is 11.5 Å². The van der Waals surface area contributed by atoms with Gasteiger partial charge < -0.3 is 9.42 Å². The van der Waals surface area contributed by atoms with E-state index in [2.05, 4.69) is 5.16 Å². The summed E-state index contributed by atoms with van der Waals surface area (Å²) in [5.74, 6) is 0.885. The van der Waals surface area contributed by atoms with E-state index in [1.165, 1.54) is 0 Å². The van der Waals surface area contributed by atoms with Crippen LogP contribution in [0.2, 0.25) is 0 Å². The molecule has 0 N–H and O–H groups in total. The Bertz CT molecular complexity index is 675. The molecule has 1 atom stereocenters. The normalized spacial score (nSPS) is 18.2. The van der Waals surface area contributed by atoms with E-state index < -0.39 is 0 Å².